The first-order valence-corrected chi connectivity index (χ1v) is 7.49. The highest BCUT2D eigenvalue weighted by atomic mass is 79.9. The average Bonchev–Trinajstić information content (AvgIpc) is 2.36. The van der Waals surface area contributed by atoms with Gasteiger partial charge in [-0.15, -0.1) is 0 Å². The molecule has 0 radical (unpaired) electrons. The van der Waals surface area contributed by atoms with Crippen molar-refractivity contribution < 1.29 is 0 Å². The predicted octanol–water partition coefficient (Wildman–Crippen LogP) is 4.93. The minimum Gasteiger partial charge on any atom is -0.310 e. The van der Waals surface area contributed by atoms with Crippen molar-refractivity contribution in [3.8, 4) is 0 Å². The van der Waals surface area contributed by atoms with Crippen LogP contribution in [0.4, 0.5) is 0 Å². The Morgan fingerprint density at radius 2 is 1.59 bits per heavy atom. The molecule has 0 amide bonds. The quantitative estimate of drug-likeness (QED) is 0.753. The Kier molecular flexibility index (Phi) is 6.83. The summed E-state index contributed by atoms with van der Waals surface area (Å²) in [5, 5.41) is 3.69. The maximum absolute atomic E-state index is 3.69. The first kappa shape index (κ1) is 14.7. The Labute approximate surface area is 114 Å². The van der Waals surface area contributed by atoms with Gasteiger partial charge < -0.3 is 5.32 Å². The molecule has 0 fully saturated rings. The van der Waals surface area contributed by atoms with Gasteiger partial charge in [0, 0.05) is 10.5 Å². The molecule has 0 saturated heterocycles. The lowest BCUT2D eigenvalue weighted by molar-refractivity contribution is 0.406. The van der Waals surface area contributed by atoms with Crippen LogP contribution >= 0.6 is 15.9 Å². The van der Waals surface area contributed by atoms with Gasteiger partial charge in [0.25, 0.3) is 0 Å². The number of hydrogen-bond donors (Lipinski definition) is 1. The molecule has 1 aromatic rings. The van der Waals surface area contributed by atoms with E-state index in [1.165, 1.54) is 18.4 Å². The second-order valence-electron chi connectivity index (χ2n) is 4.60. The van der Waals surface area contributed by atoms with E-state index >= 15 is 0 Å². The van der Waals surface area contributed by atoms with E-state index in [2.05, 4.69) is 66.3 Å². The first-order chi connectivity index (χ1) is 8.21. The lowest BCUT2D eigenvalue weighted by Gasteiger charge is -2.21. The van der Waals surface area contributed by atoms with Crippen LogP contribution in [0.15, 0.2) is 28.7 Å². The molecule has 0 aliphatic carbocycles. The van der Waals surface area contributed by atoms with E-state index in [1.54, 1.807) is 0 Å². The number of benzene rings is 1. The van der Waals surface area contributed by atoms with E-state index in [-0.39, 0.29) is 0 Å². The molecule has 0 aliphatic rings. The molecule has 0 spiro atoms. The van der Waals surface area contributed by atoms with Gasteiger partial charge in [-0.2, -0.15) is 0 Å². The summed E-state index contributed by atoms with van der Waals surface area (Å²) in [6, 6.07) is 9.15. The van der Waals surface area contributed by atoms with E-state index in [4.69, 9.17) is 0 Å². The summed E-state index contributed by atoms with van der Waals surface area (Å²) >= 11 is 3.48. The van der Waals surface area contributed by atoms with Crippen molar-refractivity contribution >= 4 is 15.9 Å². The van der Waals surface area contributed by atoms with Gasteiger partial charge in [-0.05, 0) is 36.6 Å². The SMILES string of the molecule is CCC(CC)CNC(CC)c1ccc(Br)cc1. The summed E-state index contributed by atoms with van der Waals surface area (Å²) in [4.78, 5) is 0. The zero-order valence-corrected chi connectivity index (χ0v) is 12.8. The zero-order chi connectivity index (χ0) is 12.7. The third-order valence-corrected chi connectivity index (χ3v) is 4.02. The Bertz CT molecular complexity index is 303. The number of nitrogens with one attached hydrogen (secondary N) is 1. The van der Waals surface area contributed by atoms with Crippen molar-refractivity contribution in [3.05, 3.63) is 34.3 Å². The molecule has 1 aromatic carbocycles. The van der Waals surface area contributed by atoms with Crippen molar-refractivity contribution in [3.63, 3.8) is 0 Å². The molecule has 2 heteroatoms. The standard InChI is InChI=1S/C15H24BrN/c1-4-12(5-2)11-17-15(6-3)13-7-9-14(16)10-8-13/h7-10,12,15,17H,4-6,11H2,1-3H3. The van der Waals surface area contributed by atoms with Crippen molar-refractivity contribution in [2.45, 2.75) is 46.1 Å². The molecule has 1 atom stereocenters. The van der Waals surface area contributed by atoms with Crippen LogP contribution in [0.3, 0.4) is 0 Å². The fourth-order valence-corrected chi connectivity index (χ4v) is 2.34. The molecule has 0 heterocycles. The second kappa shape index (κ2) is 7.88. The first-order valence-electron chi connectivity index (χ1n) is 6.70. The van der Waals surface area contributed by atoms with Crippen molar-refractivity contribution in [2.24, 2.45) is 5.92 Å². The minimum absolute atomic E-state index is 0.490. The van der Waals surface area contributed by atoms with Crippen molar-refractivity contribution in [2.75, 3.05) is 6.54 Å². The van der Waals surface area contributed by atoms with Gasteiger partial charge in [-0.3, -0.25) is 0 Å². The molecule has 0 saturated carbocycles. The highest BCUT2D eigenvalue weighted by Crippen LogP contribution is 2.20. The van der Waals surface area contributed by atoms with Gasteiger partial charge in [-0.1, -0.05) is 61.7 Å². The normalized spacial score (nSPS) is 13.0. The summed E-state index contributed by atoms with van der Waals surface area (Å²) < 4.78 is 1.15. The van der Waals surface area contributed by atoms with Gasteiger partial charge in [0.15, 0.2) is 0 Å². The zero-order valence-electron chi connectivity index (χ0n) is 11.2. The monoisotopic (exact) mass is 297 g/mol. The molecule has 96 valence electrons. The Morgan fingerprint density at radius 1 is 1.00 bits per heavy atom. The van der Waals surface area contributed by atoms with Crippen LogP contribution in [0, 0.1) is 5.92 Å². The van der Waals surface area contributed by atoms with E-state index in [9.17, 15) is 0 Å². The van der Waals surface area contributed by atoms with Crippen LogP contribution in [0.1, 0.15) is 51.6 Å². The van der Waals surface area contributed by atoms with Crippen LogP contribution in [0.5, 0.6) is 0 Å². The van der Waals surface area contributed by atoms with Gasteiger partial charge in [0.05, 0.1) is 0 Å². The van der Waals surface area contributed by atoms with Crippen LogP contribution in [-0.4, -0.2) is 6.54 Å². The fourth-order valence-electron chi connectivity index (χ4n) is 2.08. The third-order valence-electron chi connectivity index (χ3n) is 3.49. The highest BCUT2D eigenvalue weighted by molar-refractivity contribution is 9.10. The van der Waals surface area contributed by atoms with Gasteiger partial charge in [0.1, 0.15) is 0 Å². The van der Waals surface area contributed by atoms with Crippen LogP contribution in [-0.2, 0) is 0 Å². The van der Waals surface area contributed by atoms with E-state index < -0.39 is 0 Å². The molecular formula is C15H24BrN. The number of hydrogen-bond acceptors (Lipinski definition) is 1. The van der Waals surface area contributed by atoms with Gasteiger partial charge >= 0.3 is 0 Å². The molecule has 0 aromatic heterocycles. The maximum Gasteiger partial charge on any atom is 0.0317 e. The molecular weight excluding hydrogens is 274 g/mol. The summed E-state index contributed by atoms with van der Waals surface area (Å²) in [5.41, 5.74) is 1.39. The Balaban J connectivity index is 2.56. The molecule has 1 nitrogen and oxygen atoms in total. The third kappa shape index (κ3) is 4.81. The fraction of sp³-hybridized carbons (Fsp3) is 0.600. The van der Waals surface area contributed by atoms with Gasteiger partial charge in [0.2, 0.25) is 0 Å². The lowest BCUT2D eigenvalue weighted by Crippen LogP contribution is -2.26. The van der Waals surface area contributed by atoms with E-state index in [0.29, 0.717) is 6.04 Å². The molecule has 0 bridgehead atoms. The van der Waals surface area contributed by atoms with E-state index in [1.807, 2.05) is 0 Å². The lowest BCUT2D eigenvalue weighted by atomic mass is 10.0. The molecule has 1 unspecified atom stereocenters. The number of rotatable bonds is 7. The van der Waals surface area contributed by atoms with Gasteiger partial charge in [-0.25, -0.2) is 0 Å². The van der Waals surface area contributed by atoms with Crippen LogP contribution in [0.2, 0.25) is 0 Å². The molecule has 0 aliphatic heterocycles. The predicted molar refractivity (Wildman–Crippen MR) is 79.2 cm³/mol. The number of halogens is 1. The Morgan fingerprint density at radius 3 is 2.06 bits per heavy atom. The Hall–Kier alpha value is -0.340. The smallest absolute Gasteiger partial charge is 0.0317 e. The summed E-state index contributed by atoms with van der Waals surface area (Å²) in [6.45, 7) is 7.92. The summed E-state index contributed by atoms with van der Waals surface area (Å²) in [5.74, 6) is 0.805. The van der Waals surface area contributed by atoms with Crippen molar-refractivity contribution in [1.82, 2.24) is 5.32 Å². The topological polar surface area (TPSA) is 12.0 Å². The average molecular weight is 298 g/mol. The highest BCUT2D eigenvalue weighted by Gasteiger charge is 2.10. The second-order valence-corrected chi connectivity index (χ2v) is 5.52. The molecule has 17 heavy (non-hydrogen) atoms. The van der Waals surface area contributed by atoms with E-state index in [0.717, 1.165) is 23.4 Å². The molecule has 1 rings (SSSR count). The summed E-state index contributed by atoms with van der Waals surface area (Å²) in [7, 11) is 0. The minimum atomic E-state index is 0.490. The van der Waals surface area contributed by atoms with Crippen LogP contribution < -0.4 is 5.32 Å². The summed E-state index contributed by atoms with van der Waals surface area (Å²) in [6.07, 6.45) is 3.67. The molecule has 1 N–H and O–H groups in total. The largest absolute Gasteiger partial charge is 0.310 e. The maximum atomic E-state index is 3.69. The van der Waals surface area contributed by atoms with Crippen LogP contribution in [0.25, 0.3) is 0 Å². The van der Waals surface area contributed by atoms with Crippen molar-refractivity contribution in [1.29, 1.82) is 0 Å².